The molecule has 2 rings (SSSR count). The Kier molecular flexibility index (Phi) is 4.88. The molecule has 0 bridgehead atoms. The first-order valence-electron chi connectivity index (χ1n) is 6.19. The largest absolute Gasteiger partial charge is 0.497 e. The van der Waals surface area contributed by atoms with Crippen LogP contribution in [0, 0.1) is 0 Å². The molecule has 0 atom stereocenters. The van der Waals surface area contributed by atoms with Crippen LogP contribution in [0.4, 0.5) is 0 Å². The average Bonchev–Trinajstić information content (AvgIpc) is 2.48. The summed E-state index contributed by atoms with van der Waals surface area (Å²) in [6.07, 6.45) is 0. The predicted octanol–water partition coefficient (Wildman–Crippen LogP) is 4.17. The Hall–Kier alpha value is -1.71. The molecule has 0 fully saturated rings. The second-order valence-electron chi connectivity index (χ2n) is 4.31. The number of hydrogen-bond acceptors (Lipinski definition) is 3. The summed E-state index contributed by atoms with van der Waals surface area (Å²) in [6.45, 7) is 0.514. The molecule has 2 aromatic rings. The molecule has 0 radical (unpaired) electrons. The molecule has 0 spiro atoms. The predicted molar refractivity (Wildman–Crippen MR) is 80.7 cm³/mol. The molecule has 0 heterocycles. The standard InChI is InChI=1S/C16H17ClO3/c1-18-10-12-5-4-11(8-16(12)20-3)14-7-6-13(19-2)9-15(14)17/h4-9H,10H2,1-3H3. The fourth-order valence-electron chi connectivity index (χ4n) is 2.04. The number of hydrogen-bond donors (Lipinski definition) is 0. The number of rotatable bonds is 5. The Morgan fingerprint density at radius 2 is 1.75 bits per heavy atom. The number of ether oxygens (including phenoxy) is 3. The molecule has 20 heavy (non-hydrogen) atoms. The van der Waals surface area contributed by atoms with Gasteiger partial charge in [-0.05, 0) is 29.8 Å². The molecule has 0 saturated carbocycles. The molecule has 0 N–H and O–H groups in total. The van der Waals surface area contributed by atoms with Gasteiger partial charge in [-0.2, -0.15) is 0 Å². The van der Waals surface area contributed by atoms with Crippen molar-refractivity contribution < 1.29 is 14.2 Å². The molecular formula is C16H17ClO3. The van der Waals surface area contributed by atoms with E-state index < -0.39 is 0 Å². The highest BCUT2D eigenvalue weighted by Crippen LogP contribution is 2.34. The van der Waals surface area contributed by atoms with Crippen molar-refractivity contribution in [3.8, 4) is 22.6 Å². The number of benzene rings is 2. The van der Waals surface area contributed by atoms with Crippen LogP contribution < -0.4 is 9.47 Å². The van der Waals surface area contributed by atoms with Crippen molar-refractivity contribution in [2.75, 3.05) is 21.3 Å². The fourth-order valence-corrected chi connectivity index (χ4v) is 2.32. The zero-order chi connectivity index (χ0) is 14.5. The highest BCUT2D eigenvalue weighted by Gasteiger charge is 2.09. The van der Waals surface area contributed by atoms with Crippen molar-refractivity contribution >= 4 is 11.6 Å². The molecule has 0 aliphatic heterocycles. The quantitative estimate of drug-likeness (QED) is 0.828. The minimum Gasteiger partial charge on any atom is -0.497 e. The van der Waals surface area contributed by atoms with Crippen molar-refractivity contribution in [1.29, 1.82) is 0 Å². The minimum atomic E-state index is 0.514. The van der Waals surface area contributed by atoms with E-state index in [4.69, 9.17) is 25.8 Å². The zero-order valence-electron chi connectivity index (χ0n) is 11.8. The highest BCUT2D eigenvalue weighted by molar-refractivity contribution is 6.33. The summed E-state index contributed by atoms with van der Waals surface area (Å²) in [4.78, 5) is 0. The molecule has 0 aliphatic carbocycles. The third kappa shape index (κ3) is 3.06. The van der Waals surface area contributed by atoms with Gasteiger partial charge in [0.15, 0.2) is 0 Å². The molecule has 106 valence electrons. The van der Waals surface area contributed by atoms with Gasteiger partial charge in [0.25, 0.3) is 0 Å². The molecule has 0 saturated heterocycles. The van der Waals surface area contributed by atoms with Gasteiger partial charge in [-0.25, -0.2) is 0 Å². The molecule has 0 unspecified atom stereocenters. The van der Waals surface area contributed by atoms with E-state index in [1.165, 1.54) is 0 Å². The SMILES string of the molecule is COCc1ccc(-c2ccc(OC)cc2Cl)cc1OC. The van der Waals surface area contributed by atoms with Crippen molar-refractivity contribution in [2.45, 2.75) is 6.61 Å². The van der Waals surface area contributed by atoms with Crippen LogP contribution in [0.5, 0.6) is 11.5 Å². The third-order valence-electron chi connectivity index (χ3n) is 3.07. The fraction of sp³-hybridized carbons (Fsp3) is 0.250. The van der Waals surface area contributed by atoms with Crippen LogP contribution in [0.2, 0.25) is 5.02 Å². The Balaban J connectivity index is 2.42. The summed E-state index contributed by atoms with van der Waals surface area (Å²) in [5.41, 5.74) is 2.94. The van der Waals surface area contributed by atoms with Gasteiger partial charge >= 0.3 is 0 Å². The minimum absolute atomic E-state index is 0.514. The van der Waals surface area contributed by atoms with Gasteiger partial charge in [-0.1, -0.05) is 23.7 Å². The summed E-state index contributed by atoms with van der Waals surface area (Å²) in [5, 5.41) is 0.644. The maximum absolute atomic E-state index is 6.29. The Morgan fingerprint density at radius 1 is 0.950 bits per heavy atom. The second-order valence-corrected chi connectivity index (χ2v) is 4.71. The van der Waals surface area contributed by atoms with Crippen LogP contribution >= 0.6 is 11.6 Å². The molecule has 3 nitrogen and oxygen atoms in total. The first-order chi connectivity index (χ1) is 9.69. The van der Waals surface area contributed by atoms with Crippen LogP contribution in [0.25, 0.3) is 11.1 Å². The van der Waals surface area contributed by atoms with E-state index in [0.717, 1.165) is 28.2 Å². The van der Waals surface area contributed by atoms with E-state index in [1.807, 2.05) is 30.3 Å². The smallest absolute Gasteiger partial charge is 0.124 e. The normalized spacial score (nSPS) is 10.4. The summed E-state index contributed by atoms with van der Waals surface area (Å²) < 4.78 is 15.7. The molecule has 0 aromatic heterocycles. The van der Waals surface area contributed by atoms with Gasteiger partial charge in [0.05, 0.1) is 25.8 Å². The van der Waals surface area contributed by atoms with Crippen LogP contribution in [0.3, 0.4) is 0 Å². The van der Waals surface area contributed by atoms with Gasteiger partial charge < -0.3 is 14.2 Å². The van der Waals surface area contributed by atoms with Crippen LogP contribution in [-0.4, -0.2) is 21.3 Å². The van der Waals surface area contributed by atoms with Crippen molar-refractivity contribution in [3.05, 3.63) is 47.0 Å². The lowest BCUT2D eigenvalue weighted by atomic mass is 10.0. The maximum atomic E-state index is 6.29. The first kappa shape index (κ1) is 14.7. The van der Waals surface area contributed by atoms with E-state index in [2.05, 4.69) is 0 Å². The molecule has 4 heteroatoms. The van der Waals surface area contributed by atoms with Crippen molar-refractivity contribution in [1.82, 2.24) is 0 Å². The van der Waals surface area contributed by atoms with E-state index in [-0.39, 0.29) is 0 Å². The first-order valence-corrected chi connectivity index (χ1v) is 6.57. The van der Waals surface area contributed by atoms with E-state index in [1.54, 1.807) is 27.4 Å². The summed E-state index contributed by atoms with van der Waals surface area (Å²) in [6, 6.07) is 11.6. The van der Waals surface area contributed by atoms with E-state index in [9.17, 15) is 0 Å². The van der Waals surface area contributed by atoms with Gasteiger partial charge in [0.1, 0.15) is 11.5 Å². The van der Waals surface area contributed by atoms with E-state index in [0.29, 0.717) is 11.6 Å². The lowest BCUT2D eigenvalue weighted by Gasteiger charge is -2.12. The monoisotopic (exact) mass is 292 g/mol. The Labute approximate surface area is 124 Å². The van der Waals surface area contributed by atoms with Gasteiger partial charge in [0.2, 0.25) is 0 Å². The van der Waals surface area contributed by atoms with Crippen molar-refractivity contribution in [3.63, 3.8) is 0 Å². The summed E-state index contributed by atoms with van der Waals surface area (Å²) >= 11 is 6.29. The molecule has 0 amide bonds. The second kappa shape index (κ2) is 6.64. The Morgan fingerprint density at radius 3 is 2.35 bits per heavy atom. The lowest BCUT2D eigenvalue weighted by Crippen LogP contribution is -1.94. The molecule has 2 aromatic carbocycles. The number of methoxy groups -OCH3 is 3. The van der Waals surface area contributed by atoms with Crippen molar-refractivity contribution in [2.24, 2.45) is 0 Å². The summed E-state index contributed by atoms with van der Waals surface area (Å²) in [5.74, 6) is 1.53. The average molecular weight is 293 g/mol. The number of halogens is 1. The summed E-state index contributed by atoms with van der Waals surface area (Å²) in [7, 11) is 4.93. The Bertz CT molecular complexity index is 596. The molecular weight excluding hydrogens is 276 g/mol. The highest BCUT2D eigenvalue weighted by atomic mass is 35.5. The van der Waals surface area contributed by atoms with Gasteiger partial charge in [0, 0.05) is 18.2 Å². The third-order valence-corrected chi connectivity index (χ3v) is 3.39. The van der Waals surface area contributed by atoms with Crippen LogP contribution in [0.15, 0.2) is 36.4 Å². The van der Waals surface area contributed by atoms with Crippen LogP contribution in [-0.2, 0) is 11.3 Å². The van der Waals surface area contributed by atoms with Crippen LogP contribution in [0.1, 0.15) is 5.56 Å². The maximum Gasteiger partial charge on any atom is 0.124 e. The lowest BCUT2D eigenvalue weighted by molar-refractivity contribution is 0.181. The van der Waals surface area contributed by atoms with Gasteiger partial charge in [-0.3, -0.25) is 0 Å². The topological polar surface area (TPSA) is 27.7 Å². The van der Waals surface area contributed by atoms with Gasteiger partial charge in [-0.15, -0.1) is 0 Å². The van der Waals surface area contributed by atoms with E-state index >= 15 is 0 Å². The molecule has 0 aliphatic rings. The zero-order valence-corrected chi connectivity index (χ0v) is 12.5.